The summed E-state index contributed by atoms with van der Waals surface area (Å²) in [5.74, 6) is -1.62. The number of carbonyl (C=O) groups excluding carboxylic acids is 2. The number of alkyl carbamates (subject to hydrolysis) is 1. The molecule has 2 saturated carbocycles. The van der Waals surface area contributed by atoms with Crippen LogP contribution in [0.25, 0.3) is 11.1 Å². The van der Waals surface area contributed by atoms with E-state index in [0.29, 0.717) is 12.8 Å². The molecule has 3 N–H and O–H groups in total. The normalized spacial score (nSPS) is 20.4. The van der Waals surface area contributed by atoms with E-state index in [4.69, 9.17) is 4.74 Å². The highest BCUT2D eigenvalue weighted by molar-refractivity contribution is 5.95. The lowest BCUT2D eigenvalue weighted by Crippen LogP contribution is -2.72. The van der Waals surface area contributed by atoms with Gasteiger partial charge in [-0.15, -0.1) is 0 Å². The molecule has 0 saturated heterocycles. The third-order valence-corrected chi connectivity index (χ3v) is 8.46. The van der Waals surface area contributed by atoms with Crippen molar-refractivity contribution in [3.8, 4) is 11.1 Å². The Morgan fingerprint density at radius 3 is 2.09 bits per heavy atom. The number of nitrogens with one attached hydrogen (secondary N) is 2. The van der Waals surface area contributed by atoms with E-state index >= 15 is 0 Å². The molecule has 0 bridgehead atoms. The van der Waals surface area contributed by atoms with Crippen LogP contribution in [0, 0.1) is 5.41 Å². The predicted octanol–water partition coefficient (Wildman–Crippen LogP) is 4.60. The fraction of sp³-hybridized carbons (Fsp3) is 0.464. The van der Waals surface area contributed by atoms with Crippen LogP contribution in [-0.2, 0) is 14.3 Å². The van der Waals surface area contributed by atoms with Crippen LogP contribution in [0.1, 0.15) is 69.4 Å². The summed E-state index contributed by atoms with van der Waals surface area (Å²) in [6.45, 7) is 3.37. The Morgan fingerprint density at radius 2 is 1.60 bits per heavy atom. The molecule has 2 fully saturated rings. The topological polar surface area (TPSA) is 105 Å². The summed E-state index contributed by atoms with van der Waals surface area (Å²) in [5, 5.41) is 15.2. The SMILES string of the molecule is CCC(C)(NC(=O)C1(NC(=O)OCC2c3ccccc3-c3ccccc32)CC2(CCC2)C1)C(=O)O. The van der Waals surface area contributed by atoms with E-state index in [0.717, 1.165) is 41.5 Å². The van der Waals surface area contributed by atoms with Crippen molar-refractivity contribution in [1.29, 1.82) is 0 Å². The predicted molar refractivity (Wildman–Crippen MR) is 131 cm³/mol. The van der Waals surface area contributed by atoms with Gasteiger partial charge < -0.3 is 20.5 Å². The molecule has 2 aromatic rings. The molecule has 1 atom stereocenters. The van der Waals surface area contributed by atoms with Gasteiger partial charge in [0.2, 0.25) is 5.91 Å². The van der Waals surface area contributed by atoms with Crippen molar-refractivity contribution >= 4 is 18.0 Å². The summed E-state index contributed by atoms with van der Waals surface area (Å²) in [6.07, 6.45) is 3.77. The van der Waals surface area contributed by atoms with E-state index < -0.39 is 29.0 Å². The number of amides is 2. The molecule has 184 valence electrons. The number of carboxylic acids is 1. The Kier molecular flexibility index (Phi) is 5.61. The third kappa shape index (κ3) is 3.87. The molecule has 2 aromatic carbocycles. The summed E-state index contributed by atoms with van der Waals surface area (Å²) < 4.78 is 5.70. The summed E-state index contributed by atoms with van der Waals surface area (Å²) in [7, 11) is 0. The molecule has 7 nitrogen and oxygen atoms in total. The van der Waals surface area contributed by atoms with Gasteiger partial charge in [-0.25, -0.2) is 9.59 Å². The van der Waals surface area contributed by atoms with Crippen LogP contribution in [0.3, 0.4) is 0 Å². The first kappa shape index (κ1) is 23.4. The smallest absolute Gasteiger partial charge is 0.408 e. The molecular weight excluding hydrogens is 444 g/mol. The lowest BCUT2D eigenvalue weighted by atomic mass is 9.48. The van der Waals surface area contributed by atoms with Gasteiger partial charge in [0.25, 0.3) is 0 Å². The fourth-order valence-corrected chi connectivity index (χ4v) is 6.06. The molecule has 1 unspecified atom stereocenters. The van der Waals surface area contributed by atoms with Crippen molar-refractivity contribution in [2.45, 2.75) is 69.4 Å². The van der Waals surface area contributed by atoms with Gasteiger partial charge >= 0.3 is 12.1 Å². The minimum Gasteiger partial charge on any atom is -0.480 e. The Morgan fingerprint density at radius 1 is 1.03 bits per heavy atom. The number of hydrogen-bond acceptors (Lipinski definition) is 4. The maximum absolute atomic E-state index is 13.3. The van der Waals surface area contributed by atoms with Crippen molar-refractivity contribution in [1.82, 2.24) is 10.6 Å². The fourth-order valence-electron chi connectivity index (χ4n) is 6.06. The van der Waals surface area contributed by atoms with Gasteiger partial charge in [-0.1, -0.05) is 61.9 Å². The minimum absolute atomic E-state index is 0.0692. The first-order valence-electron chi connectivity index (χ1n) is 12.4. The molecule has 3 aliphatic rings. The standard InChI is InChI=1S/C28H32N2O5/c1-3-26(2,24(32)33)29-23(31)28(16-27(17-28)13-8-14-27)30-25(34)35-15-22-20-11-6-4-9-18(20)19-10-5-7-12-21(19)22/h4-7,9-12,22H,3,8,13-17H2,1-2H3,(H,29,31)(H,30,34)(H,32,33). The van der Waals surface area contributed by atoms with Crippen molar-refractivity contribution in [3.05, 3.63) is 59.7 Å². The van der Waals surface area contributed by atoms with Crippen molar-refractivity contribution in [3.63, 3.8) is 0 Å². The number of carbonyl (C=O) groups is 3. The van der Waals surface area contributed by atoms with Gasteiger partial charge in [-0.2, -0.15) is 0 Å². The first-order chi connectivity index (χ1) is 16.7. The lowest BCUT2D eigenvalue weighted by molar-refractivity contribution is -0.154. The van der Waals surface area contributed by atoms with E-state index in [1.807, 2.05) is 24.3 Å². The largest absolute Gasteiger partial charge is 0.480 e. The maximum atomic E-state index is 13.3. The number of rotatable bonds is 7. The number of fused-ring (bicyclic) bond motifs is 3. The summed E-state index contributed by atoms with van der Waals surface area (Å²) in [4.78, 5) is 38.1. The summed E-state index contributed by atoms with van der Waals surface area (Å²) in [5.41, 5.74) is 2.06. The number of ether oxygens (including phenoxy) is 1. The Bertz CT molecular complexity index is 1130. The van der Waals surface area contributed by atoms with Gasteiger partial charge in [0.05, 0.1) is 0 Å². The zero-order chi connectivity index (χ0) is 24.8. The molecular formula is C28H32N2O5. The minimum atomic E-state index is -1.39. The summed E-state index contributed by atoms with van der Waals surface area (Å²) >= 11 is 0. The van der Waals surface area contributed by atoms with E-state index in [1.54, 1.807) is 6.92 Å². The van der Waals surface area contributed by atoms with Gasteiger partial charge in [0.15, 0.2) is 0 Å². The second-order valence-electron chi connectivity index (χ2n) is 10.7. The van der Waals surface area contributed by atoms with E-state index in [2.05, 4.69) is 34.9 Å². The zero-order valence-corrected chi connectivity index (χ0v) is 20.2. The van der Waals surface area contributed by atoms with E-state index in [1.165, 1.54) is 6.92 Å². The average Bonchev–Trinajstić information content (AvgIpc) is 3.12. The van der Waals surface area contributed by atoms with Crippen LogP contribution in [-0.4, -0.2) is 40.8 Å². The van der Waals surface area contributed by atoms with Crippen LogP contribution < -0.4 is 10.6 Å². The number of aliphatic carboxylic acids is 1. The van der Waals surface area contributed by atoms with Crippen molar-refractivity contribution < 1.29 is 24.2 Å². The Labute approximate surface area is 205 Å². The van der Waals surface area contributed by atoms with Crippen LogP contribution >= 0.6 is 0 Å². The van der Waals surface area contributed by atoms with Gasteiger partial charge in [-0.3, -0.25) is 4.79 Å². The van der Waals surface area contributed by atoms with Crippen LogP contribution in [0.5, 0.6) is 0 Å². The average molecular weight is 477 g/mol. The van der Waals surface area contributed by atoms with Crippen molar-refractivity contribution in [2.75, 3.05) is 6.61 Å². The molecule has 0 heterocycles. The van der Waals surface area contributed by atoms with Gasteiger partial charge in [0, 0.05) is 5.92 Å². The highest BCUT2D eigenvalue weighted by atomic mass is 16.5. The van der Waals surface area contributed by atoms with E-state index in [9.17, 15) is 19.5 Å². The maximum Gasteiger partial charge on any atom is 0.408 e. The van der Waals surface area contributed by atoms with Gasteiger partial charge in [0.1, 0.15) is 17.7 Å². The molecule has 3 aliphatic carbocycles. The molecule has 2 amide bonds. The summed E-state index contributed by atoms with van der Waals surface area (Å²) in [6, 6.07) is 16.2. The van der Waals surface area contributed by atoms with Crippen LogP contribution in [0.15, 0.2) is 48.5 Å². The van der Waals surface area contributed by atoms with Crippen molar-refractivity contribution in [2.24, 2.45) is 5.41 Å². The molecule has 0 aliphatic heterocycles. The number of hydrogen-bond donors (Lipinski definition) is 3. The molecule has 0 aromatic heterocycles. The molecule has 1 spiro atoms. The molecule has 35 heavy (non-hydrogen) atoms. The number of benzene rings is 2. The Hall–Kier alpha value is -3.35. The lowest BCUT2D eigenvalue weighted by Gasteiger charge is -2.60. The zero-order valence-electron chi connectivity index (χ0n) is 20.2. The third-order valence-electron chi connectivity index (χ3n) is 8.46. The van der Waals surface area contributed by atoms with Gasteiger partial charge in [-0.05, 0) is 66.7 Å². The molecule has 5 rings (SSSR count). The monoisotopic (exact) mass is 476 g/mol. The van der Waals surface area contributed by atoms with Crippen LogP contribution in [0.2, 0.25) is 0 Å². The van der Waals surface area contributed by atoms with E-state index in [-0.39, 0.29) is 24.4 Å². The first-order valence-corrected chi connectivity index (χ1v) is 12.4. The second kappa shape index (κ2) is 8.40. The number of carboxylic acid groups (broad SMARTS) is 1. The molecule has 7 heteroatoms. The highest BCUT2D eigenvalue weighted by Gasteiger charge is 2.62. The quantitative estimate of drug-likeness (QED) is 0.542. The molecule has 0 radical (unpaired) electrons. The second-order valence-corrected chi connectivity index (χ2v) is 10.7. The van der Waals surface area contributed by atoms with Crippen LogP contribution in [0.4, 0.5) is 4.79 Å². The Balaban J connectivity index is 1.30. The highest BCUT2D eigenvalue weighted by Crippen LogP contribution is 2.60.